The molecule has 0 radical (unpaired) electrons. The van der Waals surface area contributed by atoms with E-state index in [0.717, 1.165) is 5.56 Å². The summed E-state index contributed by atoms with van der Waals surface area (Å²) in [5.41, 5.74) is 1.75. The third-order valence-corrected chi connectivity index (χ3v) is 6.72. The molecule has 0 aromatic heterocycles. The van der Waals surface area contributed by atoms with Gasteiger partial charge in [-0.05, 0) is 48.7 Å². The summed E-state index contributed by atoms with van der Waals surface area (Å²) in [5, 5.41) is 7.84. The highest BCUT2D eigenvalue weighted by atomic mass is 32.2. The summed E-state index contributed by atoms with van der Waals surface area (Å²) in [6, 6.07) is 12.7. The van der Waals surface area contributed by atoms with Gasteiger partial charge in [0.1, 0.15) is 0 Å². The Labute approximate surface area is 185 Å². The average Bonchev–Trinajstić information content (AvgIpc) is 2.78. The van der Waals surface area contributed by atoms with Crippen LogP contribution in [0.5, 0.6) is 0 Å². The highest BCUT2D eigenvalue weighted by molar-refractivity contribution is 7.89. The minimum absolute atomic E-state index is 0.0339. The molecule has 0 saturated carbocycles. The van der Waals surface area contributed by atoms with Crippen LogP contribution in [0.3, 0.4) is 0 Å². The molecule has 1 unspecified atom stereocenters. The van der Waals surface area contributed by atoms with E-state index in [0.29, 0.717) is 43.6 Å². The lowest BCUT2D eigenvalue weighted by Gasteiger charge is -2.34. The average molecular weight is 458 g/mol. The molecule has 1 atom stereocenters. The van der Waals surface area contributed by atoms with Crippen LogP contribution >= 0.6 is 0 Å². The molecule has 2 aromatic rings. The first-order chi connectivity index (χ1) is 15.2. The number of primary sulfonamides is 1. The number of sulfonamides is 1. The molecule has 0 spiro atoms. The first-order valence-corrected chi connectivity index (χ1v) is 11.8. The van der Waals surface area contributed by atoms with Gasteiger partial charge in [0.25, 0.3) is 5.91 Å². The van der Waals surface area contributed by atoms with Gasteiger partial charge in [-0.25, -0.2) is 18.4 Å². The smallest absolute Gasteiger partial charge is 0.339 e. The molecule has 10 heteroatoms. The Balaban J connectivity index is 1.31. The van der Waals surface area contributed by atoms with E-state index in [-0.39, 0.29) is 22.6 Å². The molecule has 32 heavy (non-hydrogen) atoms. The van der Waals surface area contributed by atoms with E-state index < -0.39 is 22.1 Å². The Morgan fingerprint density at radius 3 is 2.34 bits per heavy atom. The molecule has 1 saturated heterocycles. The number of piperidine rings is 1. The fourth-order valence-corrected chi connectivity index (χ4v) is 4.52. The highest BCUT2D eigenvalue weighted by Crippen LogP contribution is 2.25. The van der Waals surface area contributed by atoms with E-state index in [1.807, 2.05) is 12.1 Å². The van der Waals surface area contributed by atoms with E-state index >= 15 is 0 Å². The second-order valence-electron chi connectivity index (χ2n) is 7.91. The van der Waals surface area contributed by atoms with Crippen LogP contribution in [0.2, 0.25) is 0 Å². The lowest BCUT2D eigenvalue weighted by Crippen LogP contribution is -2.48. The SMILES string of the molecule is NS(=O)(=O)c1ccc(NC(=O)C2CCN(C(=O)C3Cc4ccccc4C(=O)O3)CC2)cc1. The zero-order chi connectivity index (χ0) is 22.9. The maximum atomic E-state index is 12.9. The molecule has 4 rings (SSSR count). The Kier molecular flexibility index (Phi) is 5.98. The maximum Gasteiger partial charge on any atom is 0.339 e. The number of nitrogens with two attached hydrogens (primary N) is 1. The molecule has 9 nitrogen and oxygen atoms in total. The number of rotatable bonds is 4. The van der Waals surface area contributed by atoms with Gasteiger partial charge in [-0.2, -0.15) is 0 Å². The number of amides is 2. The number of cyclic esters (lactones) is 1. The summed E-state index contributed by atoms with van der Waals surface area (Å²) < 4.78 is 28.0. The van der Waals surface area contributed by atoms with Gasteiger partial charge >= 0.3 is 5.97 Å². The number of hydrogen-bond acceptors (Lipinski definition) is 6. The minimum Gasteiger partial charge on any atom is -0.448 e. The number of anilines is 1. The zero-order valence-corrected chi connectivity index (χ0v) is 18.0. The summed E-state index contributed by atoms with van der Waals surface area (Å²) in [4.78, 5) is 39.2. The van der Waals surface area contributed by atoms with Gasteiger partial charge < -0.3 is 15.0 Å². The number of nitrogens with zero attached hydrogens (tertiary/aromatic N) is 1. The molecule has 0 aliphatic carbocycles. The normalized spacial score (nSPS) is 19.1. The minimum atomic E-state index is -3.79. The number of fused-ring (bicyclic) bond motifs is 1. The van der Waals surface area contributed by atoms with Crippen molar-refractivity contribution in [3.05, 3.63) is 59.7 Å². The van der Waals surface area contributed by atoms with Crippen molar-refractivity contribution >= 4 is 33.5 Å². The molecule has 2 amide bonds. The first kappa shape index (κ1) is 22.0. The topological polar surface area (TPSA) is 136 Å². The Morgan fingerprint density at radius 2 is 1.69 bits per heavy atom. The van der Waals surface area contributed by atoms with Crippen LogP contribution in [-0.4, -0.2) is 50.3 Å². The molecule has 168 valence electrons. The van der Waals surface area contributed by atoms with Crippen molar-refractivity contribution in [2.75, 3.05) is 18.4 Å². The monoisotopic (exact) mass is 457 g/mol. The molecule has 2 aliphatic rings. The molecule has 2 aliphatic heterocycles. The van der Waals surface area contributed by atoms with Gasteiger partial charge in [0, 0.05) is 31.1 Å². The standard InChI is InChI=1S/C22H23N3O6S/c23-32(29,30)17-7-5-16(6-8-17)24-20(26)14-9-11-25(12-10-14)21(27)19-13-15-3-1-2-4-18(15)22(28)31-19/h1-8,14,19H,9-13H2,(H,24,26)(H2,23,29,30). The lowest BCUT2D eigenvalue weighted by molar-refractivity contribution is -0.143. The van der Waals surface area contributed by atoms with Gasteiger partial charge in [-0.3, -0.25) is 9.59 Å². The van der Waals surface area contributed by atoms with Crippen molar-refractivity contribution in [2.45, 2.75) is 30.3 Å². The number of carbonyl (C=O) groups is 3. The number of hydrogen-bond donors (Lipinski definition) is 2. The van der Waals surface area contributed by atoms with Crippen LogP contribution in [-0.2, 0) is 30.8 Å². The van der Waals surface area contributed by atoms with Crippen LogP contribution in [0.4, 0.5) is 5.69 Å². The molecule has 2 heterocycles. The van der Waals surface area contributed by atoms with E-state index in [9.17, 15) is 22.8 Å². The number of benzene rings is 2. The van der Waals surface area contributed by atoms with Gasteiger partial charge in [0.15, 0.2) is 6.10 Å². The van der Waals surface area contributed by atoms with Crippen LogP contribution in [0, 0.1) is 5.92 Å². The predicted octanol–water partition coefficient (Wildman–Crippen LogP) is 1.29. The Hall–Kier alpha value is -3.24. The highest BCUT2D eigenvalue weighted by Gasteiger charge is 2.36. The molecular formula is C22H23N3O6S. The van der Waals surface area contributed by atoms with Crippen molar-refractivity contribution in [1.82, 2.24) is 4.90 Å². The number of nitrogens with one attached hydrogen (secondary N) is 1. The largest absolute Gasteiger partial charge is 0.448 e. The van der Waals surface area contributed by atoms with Crippen LogP contribution in [0.25, 0.3) is 0 Å². The lowest BCUT2D eigenvalue weighted by atomic mass is 9.94. The number of esters is 1. The summed E-state index contributed by atoms with van der Waals surface area (Å²) in [5.74, 6) is -1.22. The third kappa shape index (κ3) is 4.66. The maximum absolute atomic E-state index is 12.9. The molecule has 2 aromatic carbocycles. The van der Waals surface area contributed by atoms with Crippen molar-refractivity contribution in [2.24, 2.45) is 11.1 Å². The number of likely N-dealkylation sites (tertiary alicyclic amines) is 1. The van der Waals surface area contributed by atoms with Gasteiger partial charge in [-0.1, -0.05) is 18.2 Å². The third-order valence-electron chi connectivity index (χ3n) is 5.80. The van der Waals surface area contributed by atoms with Gasteiger partial charge in [0.05, 0.1) is 10.5 Å². The second-order valence-corrected chi connectivity index (χ2v) is 9.47. The van der Waals surface area contributed by atoms with Crippen molar-refractivity contribution in [3.63, 3.8) is 0 Å². The van der Waals surface area contributed by atoms with Crippen LogP contribution in [0.1, 0.15) is 28.8 Å². The van der Waals surface area contributed by atoms with E-state index in [1.54, 1.807) is 17.0 Å². The summed E-state index contributed by atoms with van der Waals surface area (Å²) >= 11 is 0. The molecular weight excluding hydrogens is 434 g/mol. The molecule has 1 fully saturated rings. The molecule has 0 bridgehead atoms. The van der Waals surface area contributed by atoms with E-state index in [1.165, 1.54) is 24.3 Å². The first-order valence-electron chi connectivity index (χ1n) is 10.2. The number of ether oxygens (including phenoxy) is 1. The summed E-state index contributed by atoms with van der Waals surface area (Å²) in [6.45, 7) is 0.772. The van der Waals surface area contributed by atoms with Crippen molar-refractivity contribution in [3.8, 4) is 0 Å². The van der Waals surface area contributed by atoms with Gasteiger partial charge in [-0.15, -0.1) is 0 Å². The Morgan fingerprint density at radius 1 is 1.03 bits per heavy atom. The van der Waals surface area contributed by atoms with Crippen molar-refractivity contribution in [1.29, 1.82) is 0 Å². The quantitative estimate of drug-likeness (QED) is 0.664. The zero-order valence-electron chi connectivity index (χ0n) is 17.2. The van der Waals surface area contributed by atoms with Crippen LogP contribution < -0.4 is 10.5 Å². The van der Waals surface area contributed by atoms with Crippen molar-refractivity contribution < 1.29 is 27.5 Å². The van der Waals surface area contributed by atoms with E-state index in [4.69, 9.17) is 9.88 Å². The predicted molar refractivity (Wildman–Crippen MR) is 115 cm³/mol. The Bertz CT molecular complexity index is 1150. The summed E-state index contributed by atoms with van der Waals surface area (Å²) in [6.07, 6.45) is 0.448. The fraction of sp³-hybridized carbons (Fsp3) is 0.318. The van der Waals surface area contributed by atoms with Crippen LogP contribution in [0.15, 0.2) is 53.4 Å². The second kappa shape index (κ2) is 8.71. The fourth-order valence-electron chi connectivity index (χ4n) is 4.01. The van der Waals surface area contributed by atoms with E-state index in [2.05, 4.69) is 5.32 Å². The summed E-state index contributed by atoms with van der Waals surface area (Å²) in [7, 11) is -3.79. The molecule has 3 N–H and O–H groups in total. The van der Waals surface area contributed by atoms with Gasteiger partial charge in [0.2, 0.25) is 15.9 Å². The number of carbonyl (C=O) groups excluding carboxylic acids is 3.